The minimum Gasteiger partial charge on any atom is -0.367 e. The largest absolute Gasteiger partial charge is 0.367 e. The van der Waals surface area contributed by atoms with E-state index in [0.29, 0.717) is 17.5 Å². The number of benzene rings is 1. The highest BCUT2D eigenvalue weighted by atomic mass is 15.2. The van der Waals surface area contributed by atoms with Crippen LogP contribution in [0.3, 0.4) is 0 Å². The Morgan fingerprint density at radius 3 is 2.90 bits per heavy atom. The van der Waals surface area contributed by atoms with Crippen LogP contribution in [0.5, 0.6) is 0 Å². The first-order valence-electron chi connectivity index (χ1n) is 8.08. The summed E-state index contributed by atoms with van der Waals surface area (Å²) in [4.78, 5) is 2.61. The van der Waals surface area contributed by atoms with E-state index < -0.39 is 0 Å². The molecular formula is C18H28N2. The Morgan fingerprint density at radius 1 is 1.30 bits per heavy atom. The van der Waals surface area contributed by atoms with Crippen molar-refractivity contribution in [2.24, 2.45) is 11.1 Å². The normalized spacial score (nSPS) is 29.1. The first kappa shape index (κ1) is 13.9. The van der Waals surface area contributed by atoms with Crippen molar-refractivity contribution < 1.29 is 0 Å². The minimum absolute atomic E-state index is 0.329. The molecular weight excluding hydrogens is 244 g/mol. The lowest BCUT2D eigenvalue weighted by molar-refractivity contribution is 0.192. The van der Waals surface area contributed by atoms with Crippen LogP contribution in [0.25, 0.3) is 0 Å². The fourth-order valence-electron chi connectivity index (χ4n) is 4.01. The quantitative estimate of drug-likeness (QED) is 0.845. The van der Waals surface area contributed by atoms with E-state index in [-0.39, 0.29) is 0 Å². The van der Waals surface area contributed by atoms with Gasteiger partial charge in [0.1, 0.15) is 0 Å². The van der Waals surface area contributed by atoms with Crippen molar-refractivity contribution in [3.8, 4) is 0 Å². The summed E-state index contributed by atoms with van der Waals surface area (Å²) in [6.07, 6.45) is 6.13. The highest BCUT2D eigenvalue weighted by Crippen LogP contribution is 2.40. The van der Waals surface area contributed by atoms with Crippen LogP contribution in [0.1, 0.15) is 50.7 Å². The standard InChI is InChI=1S/C18H28N2/c1-13-6-7-16-14(11-13)5-4-10-20(16)17-12-18(2,3)9-8-15(17)19/h6-7,11,15,17H,4-5,8-10,12,19H2,1-3H3. The Bertz CT molecular complexity index is 492. The van der Waals surface area contributed by atoms with Crippen molar-refractivity contribution in [1.29, 1.82) is 0 Å². The summed E-state index contributed by atoms with van der Waals surface area (Å²) < 4.78 is 0. The summed E-state index contributed by atoms with van der Waals surface area (Å²) >= 11 is 0. The molecule has 2 nitrogen and oxygen atoms in total. The van der Waals surface area contributed by atoms with Crippen LogP contribution in [0.2, 0.25) is 0 Å². The molecule has 2 aliphatic rings. The second-order valence-corrected chi connectivity index (χ2v) is 7.57. The summed E-state index contributed by atoms with van der Waals surface area (Å²) in [5, 5.41) is 0. The monoisotopic (exact) mass is 272 g/mol. The van der Waals surface area contributed by atoms with Crippen LogP contribution in [0.4, 0.5) is 5.69 Å². The molecule has 0 radical (unpaired) electrons. The molecule has 0 saturated heterocycles. The Balaban J connectivity index is 1.91. The van der Waals surface area contributed by atoms with Gasteiger partial charge in [-0.2, -0.15) is 0 Å². The van der Waals surface area contributed by atoms with Crippen molar-refractivity contribution in [1.82, 2.24) is 0 Å². The maximum atomic E-state index is 6.48. The van der Waals surface area contributed by atoms with Crippen molar-refractivity contribution in [3.05, 3.63) is 29.3 Å². The summed E-state index contributed by atoms with van der Waals surface area (Å²) in [5.74, 6) is 0. The van der Waals surface area contributed by atoms with Gasteiger partial charge in [0.05, 0.1) is 0 Å². The molecule has 1 aliphatic carbocycles. The molecule has 2 unspecified atom stereocenters. The van der Waals surface area contributed by atoms with Crippen LogP contribution >= 0.6 is 0 Å². The third kappa shape index (κ3) is 2.58. The Labute approximate surface area is 123 Å². The lowest BCUT2D eigenvalue weighted by atomic mass is 9.72. The predicted molar refractivity (Wildman–Crippen MR) is 86.2 cm³/mol. The van der Waals surface area contributed by atoms with E-state index >= 15 is 0 Å². The van der Waals surface area contributed by atoms with Gasteiger partial charge in [0.15, 0.2) is 0 Å². The van der Waals surface area contributed by atoms with Crippen molar-refractivity contribution in [3.63, 3.8) is 0 Å². The van der Waals surface area contributed by atoms with Crippen LogP contribution in [0.15, 0.2) is 18.2 Å². The minimum atomic E-state index is 0.329. The molecule has 1 saturated carbocycles. The summed E-state index contributed by atoms with van der Waals surface area (Å²) in [6.45, 7) is 8.15. The fraction of sp³-hybridized carbons (Fsp3) is 0.667. The van der Waals surface area contributed by atoms with E-state index in [0.717, 1.165) is 6.42 Å². The van der Waals surface area contributed by atoms with Gasteiger partial charge in [-0.3, -0.25) is 0 Å². The van der Waals surface area contributed by atoms with Gasteiger partial charge in [0.2, 0.25) is 0 Å². The first-order valence-corrected chi connectivity index (χ1v) is 8.08. The van der Waals surface area contributed by atoms with Crippen LogP contribution < -0.4 is 10.6 Å². The number of hydrogen-bond acceptors (Lipinski definition) is 2. The fourth-order valence-corrected chi connectivity index (χ4v) is 4.01. The number of anilines is 1. The van der Waals surface area contributed by atoms with Gasteiger partial charge >= 0.3 is 0 Å². The Kier molecular flexibility index (Phi) is 3.53. The topological polar surface area (TPSA) is 29.3 Å². The summed E-state index contributed by atoms with van der Waals surface area (Å²) in [5.41, 5.74) is 11.2. The molecule has 1 heterocycles. The predicted octanol–water partition coefficient (Wildman–Crippen LogP) is 3.65. The number of fused-ring (bicyclic) bond motifs is 1. The molecule has 2 atom stereocenters. The van der Waals surface area contributed by atoms with E-state index in [1.165, 1.54) is 49.0 Å². The van der Waals surface area contributed by atoms with Gasteiger partial charge in [0, 0.05) is 24.3 Å². The van der Waals surface area contributed by atoms with Gasteiger partial charge in [-0.25, -0.2) is 0 Å². The number of nitrogens with two attached hydrogens (primary N) is 1. The molecule has 1 aliphatic heterocycles. The van der Waals surface area contributed by atoms with Gasteiger partial charge in [0.25, 0.3) is 0 Å². The molecule has 20 heavy (non-hydrogen) atoms. The van der Waals surface area contributed by atoms with E-state index in [1.807, 2.05) is 0 Å². The van der Waals surface area contributed by atoms with Crippen LogP contribution in [0, 0.1) is 12.3 Å². The van der Waals surface area contributed by atoms with Crippen molar-refractivity contribution >= 4 is 5.69 Å². The number of rotatable bonds is 1. The van der Waals surface area contributed by atoms with E-state index in [4.69, 9.17) is 5.73 Å². The highest BCUT2D eigenvalue weighted by Gasteiger charge is 2.37. The van der Waals surface area contributed by atoms with Crippen LogP contribution in [-0.2, 0) is 6.42 Å². The van der Waals surface area contributed by atoms with Crippen LogP contribution in [-0.4, -0.2) is 18.6 Å². The Hall–Kier alpha value is -1.02. The number of nitrogens with zero attached hydrogens (tertiary/aromatic N) is 1. The number of hydrogen-bond donors (Lipinski definition) is 1. The second kappa shape index (κ2) is 5.07. The SMILES string of the molecule is Cc1ccc2c(c1)CCCN2C1CC(C)(C)CCC1N. The first-order chi connectivity index (χ1) is 9.46. The van der Waals surface area contributed by atoms with E-state index in [2.05, 4.69) is 43.9 Å². The second-order valence-electron chi connectivity index (χ2n) is 7.57. The lowest BCUT2D eigenvalue weighted by Gasteiger charge is -2.47. The molecule has 3 rings (SSSR count). The molecule has 1 aromatic rings. The molecule has 1 fully saturated rings. The third-order valence-electron chi connectivity index (χ3n) is 5.20. The van der Waals surface area contributed by atoms with Gasteiger partial charge in [-0.05, 0) is 56.1 Å². The molecule has 0 aromatic heterocycles. The zero-order chi connectivity index (χ0) is 14.3. The van der Waals surface area contributed by atoms with Crippen molar-refractivity contribution in [2.75, 3.05) is 11.4 Å². The van der Waals surface area contributed by atoms with Gasteiger partial charge < -0.3 is 10.6 Å². The molecule has 0 amide bonds. The smallest absolute Gasteiger partial charge is 0.0446 e. The molecule has 0 bridgehead atoms. The van der Waals surface area contributed by atoms with Gasteiger partial charge in [-0.1, -0.05) is 31.5 Å². The molecule has 1 aromatic carbocycles. The van der Waals surface area contributed by atoms with E-state index in [1.54, 1.807) is 0 Å². The lowest BCUT2D eigenvalue weighted by Crippen LogP contribution is -2.54. The average Bonchev–Trinajstić information content (AvgIpc) is 2.40. The molecule has 0 spiro atoms. The number of aryl methyl sites for hydroxylation is 2. The van der Waals surface area contributed by atoms with E-state index in [9.17, 15) is 0 Å². The summed E-state index contributed by atoms with van der Waals surface area (Å²) in [6, 6.07) is 7.77. The van der Waals surface area contributed by atoms with Gasteiger partial charge in [-0.15, -0.1) is 0 Å². The molecule has 110 valence electrons. The molecule has 2 N–H and O–H groups in total. The summed E-state index contributed by atoms with van der Waals surface area (Å²) in [7, 11) is 0. The molecule has 2 heteroatoms. The zero-order valence-corrected chi connectivity index (χ0v) is 13.2. The van der Waals surface area contributed by atoms with Crippen molar-refractivity contribution in [2.45, 2.75) is 65.0 Å². The zero-order valence-electron chi connectivity index (χ0n) is 13.2. The third-order valence-corrected chi connectivity index (χ3v) is 5.20. The average molecular weight is 272 g/mol. The highest BCUT2D eigenvalue weighted by molar-refractivity contribution is 5.57. The maximum absolute atomic E-state index is 6.48. The Morgan fingerprint density at radius 2 is 2.10 bits per heavy atom. The maximum Gasteiger partial charge on any atom is 0.0446 e.